The number of amides is 1. The SMILES string of the molecule is COc1cc(C)c(CN(C)C(=O)COc2ccc(C(C)C)c(C)c2)cc1OC. The van der Waals surface area contributed by atoms with Crippen LogP contribution in [-0.2, 0) is 11.3 Å². The molecule has 28 heavy (non-hydrogen) atoms. The average Bonchev–Trinajstić information content (AvgIpc) is 2.66. The second-order valence-electron chi connectivity index (χ2n) is 7.35. The molecule has 5 heteroatoms. The van der Waals surface area contributed by atoms with Gasteiger partial charge in [-0.2, -0.15) is 0 Å². The van der Waals surface area contributed by atoms with Gasteiger partial charge in [-0.15, -0.1) is 0 Å². The van der Waals surface area contributed by atoms with Crippen molar-refractivity contribution in [2.45, 2.75) is 40.2 Å². The number of rotatable bonds is 8. The van der Waals surface area contributed by atoms with Crippen molar-refractivity contribution in [2.24, 2.45) is 0 Å². The third-order valence-electron chi connectivity index (χ3n) is 4.90. The van der Waals surface area contributed by atoms with Gasteiger partial charge in [0.05, 0.1) is 14.2 Å². The van der Waals surface area contributed by atoms with Crippen molar-refractivity contribution >= 4 is 5.91 Å². The van der Waals surface area contributed by atoms with E-state index in [2.05, 4.69) is 26.8 Å². The van der Waals surface area contributed by atoms with Crippen molar-refractivity contribution in [1.29, 1.82) is 0 Å². The summed E-state index contributed by atoms with van der Waals surface area (Å²) in [4.78, 5) is 14.2. The minimum atomic E-state index is -0.0835. The first kappa shape index (κ1) is 21.6. The van der Waals surface area contributed by atoms with Crippen molar-refractivity contribution in [2.75, 3.05) is 27.9 Å². The van der Waals surface area contributed by atoms with Crippen molar-refractivity contribution in [3.05, 3.63) is 52.6 Å². The molecule has 2 aromatic carbocycles. The molecule has 0 fully saturated rings. The molecule has 0 saturated heterocycles. The van der Waals surface area contributed by atoms with E-state index in [0.717, 1.165) is 11.1 Å². The van der Waals surface area contributed by atoms with Crippen LogP contribution in [0.2, 0.25) is 0 Å². The summed E-state index contributed by atoms with van der Waals surface area (Å²) in [5, 5.41) is 0. The lowest BCUT2D eigenvalue weighted by atomic mass is 9.98. The fourth-order valence-electron chi connectivity index (χ4n) is 3.18. The number of likely N-dealkylation sites (N-methyl/N-ethyl adjacent to an activating group) is 1. The van der Waals surface area contributed by atoms with Gasteiger partial charge >= 0.3 is 0 Å². The van der Waals surface area contributed by atoms with E-state index in [1.54, 1.807) is 26.2 Å². The summed E-state index contributed by atoms with van der Waals surface area (Å²) >= 11 is 0. The summed E-state index contributed by atoms with van der Waals surface area (Å²) in [6, 6.07) is 9.81. The minimum Gasteiger partial charge on any atom is -0.493 e. The van der Waals surface area contributed by atoms with E-state index in [1.165, 1.54) is 11.1 Å². The molecule has 0 heterocycles. The summed E-state index contributed by atoms with van der Waals surface area (Å²) < 4.78 is 16.4. The maximum Gasteiger partial charge on any atom is 0.260 e. The van der Waals surface area contributed by atoms with Crippen LogP contribution in [0.5, 0.6) is 17.2 Å². The number of nitrogens with zero attached hydrogens (tertiary/aromatic N) is 1. The first-order valence-electron chi connectivity index (χ1n) is 9.45. The zero-order valence-electron chi connectivity index (χ0n) is 18.0. The van der Waals surface area contributed by atoms with Gasteiger partial charge in [0.15, 0.2) is 18.1 Å². The van der Waals surface area contributed by atoms with Gasteiger partial charge in [-0.1, -0.05) is 19.9 Å². The number of carbonyl (C=O) groups is 1. The molecule has 0 saturated carbocycles. The molecule has 0 aliphatic heterocycles. The van der Waals surface area contributed by atoms with Gasteiger partial charge in [0, 0.05) is 13.6 Å². The lowest BCUT2D eigenvalue weighted by Gasteiger charge is -2.20. The van der Waals surface area contributed by atoms with Gasteiger partial charge < -0.3 is 19.1 Å². The number of carbonyl (C=O) groups excluding carboxylic acids is 1. The summed E-state index contributed by atoms with van der Waals surface area (Å²) in [7, 11) is 4.99. The summed E-state index contributed by atoms with van der Waals surface area (Å²) in [5.41, 5.74) is 4.51. The van der Waals surface area contributed by atoms with E-state index in [4.69, 9.17) is 14.2 Å². The second-order valence-corrected chi connectivity index (χ2v) is 7.35. The Labute approximate surface area is 168 Å². The third kappa shape index (κ3) is 5.18. The lowest BCUT2D eigenvalue weighted by molar-refractivity contribution is -0.132. The zero-order chi connectivity index (χ0) is 20.8. The zero-order valence-corrected chi connectivity index (χ0v) is 18.0. The van der Waals surface area contributed by atoms with Gasteiger partial charge in [0.1, 0.15) is 5.75 Å². The standard InChI is InChI=1S/C23H31NO4/c1-15(2)20-9-8-19(10-17(20)4)28-14-23(25)24(5)13-18-12-22(27-7)21(26-6)11-16(18)3/h8-12,15H,13-14H2,1-7H3. The largest absolute Gasteiger partial charge is 0.493 e. The quantitative estimate of drug-likeness (QED) is 0.672. The Morgan fingerprint density at radius 3 is 2.21 bits per heavy atom. The van der Waals surface area contributed by atoms with Crippen molar-refractivity contribution in [1.82, 2.24) is 4.90 Å². The maximum absolute atomic E-state index is 12.5. The first-order chi connectivity index (χ1) is 13.3. The van der Waals surface area contributed by atoms with Crippen molar-refractivity contribution in [3.8, 4) is 17.2 Å². The van der Waals surface area contributed by atoms with Crippen molar-refractivity contribution in [3.63, 3.8) is 0 Å². The van der Waals surface area contributed by atoms with E-state index in [-0.39, 0.29) is 12.5 Å². The highest BCUT2D eigenvalue weighted by Crippen LogP contribution is 2.30. The molecule has 0 bridgehead atoms. The Morgan fingerprint density at radius 2 is 1.64 bits per heavy atom. The summed E-state index contributed by atoms with van der Waals surface area (Å²) in [6.45, 7) is 8.86. The molecule has 0 spiro atoms. The number of benzene rings is 2. The Balaban J connectivity index is 2.01. The highest BCUT2D eigenvalue weighted by Gasteiger charge is 2.15. The van der Waals surface area contributed by atoms with Gasteiger partial charge in [0.25, 0.3) is 5.91 Å². The molecule has 0 aromatic heterocycles. The number of hydrogen-bond acceptors (Lipinski definition) is 4. The molecule has 152 valence electrons. The molecule has 0 aliphatic carbocycles. The minimum absolute atomic E-state index is 0.00328. The number of hydrogen-bond donors (Lipinski definition) is 0. The molecule has 5 nitrogen and oxygen atoms in total. The van der Waals surface area contributed by atoms with Crippen LogP contribution in [0.25, 0.3) is 0 Å². The van der Waals surface area contributed by atoms with E-state index >= 15 is 0 Å². The van der Waals surface area contributed by atoms with E-state index < -0.39 is 0 Å². The molecule has 0 unspecified atom stereocenters. The molecule has 0 aliphatic rings. The fraction of sp³-hybridized carbons (Fsp3) is 0.435. The topological polar surface area (TPSA) is 48.0 Å². The fourth-order valence-corrected chi connectivity index (χ4v) is 3.18. The van der Waals surface area contributed by atoms with Crippen LogP contribution >= 0.6 is 0 Å². The lowest BCUT2D eigenvalue weighted by Crippen LogP contribution is -2.31. The molecule has 2 aromatic rings. The number of methoxy groups -OCH3 is 2. The highest BCUT2D eigenvalue weighted by molar-refractivity contribution is 5.77. The van der Waals surface area contributed by atoms with Crippen LogP contribution in [-0.4, -0.2) is 38.7 Å². The van der Waals surface area contributed by atoms with Crippen LogP contribution in [0, 0.1) is 13.8 Å². The molecule has 0 N–H and O–H groups in total. The predicted octanol–water partition coefficient (Wildman–Crippen LogP) is 4.48. The molecule has 1 amide bonds. The van der Waals surface area contributed by atoms with E-state index in [0.29, 0.717) is 29.7 Å². The van der Waals surface area contributed by atoms with Gasteiger partial charge in [-0.25, -0.2) is 0 Å². The smallest absolute Gasteiger partial charge is 0.260 e. The number of ether oxygens (including phenoxy) is 3. The Bertz CT molecular complexity index is 830. The third-order valence-corrected chi connectivity index (χ3v) is 4.90. The van der Waals surface area contributed by atoms with Crippen LogP contribution in [0.15, 0.2) is 30.3 Å². The van der Waals surface area contributed by atoms with Gasteiger partial charge in [-0.05, 0) is 66.3 Å². The Hall–Kier alpha value is -2.69. The first-order valence-corrected chi connectivity index (χ1v) is 9.45. The molecule has 0 atom stereocenters. The van der Waals surface area contributed by atoms with Crippen molar-refractivity contribution < 1.29 is 19.0 Å². The second kappa shape index (κ2) is 9.49. The van der Waals surface area contributed by atoms with E-state index in [1.807, 2.05) is 31.2 Å². The van der Waals surface area contributed by atoms with Crippen LogP contribution in [0.1, 0.15) is 42.0 Å². The molecular weight excluding hydrogens is 354 g/mol. The summed E-state index contributed by atoms with van der Waals surface area (Å²) in [6.07, 6.45) is 0. The highest BCUT2D eigenvalue weighted by atomic mass is 16.5. The van der Waals surface area contributed by atoms with Crippen LogP contribution in [0.3, 0.4) is 0 Å². The normalized spacial score (nSPS) is 10.7. The van der Waals surface area contributed by atoms with Crippen LogP contribution < -0.4 is 14.2 Å². The number of aryl methyl sites for hydroxylation is 2. The molecule has 2 rings (SSSR count). The predicted molar refractivity (Wildman–Crippen MR) is 112 cm³/mol. The summed E-state index contributed by atoms with van der Waals surface area (Å²) in [5.74, 6) is 2.43. The van der Waals surface area contributed by atoms with Gasteiger partial charge in [0.2, 0.25) is 0 Å². The Kier molecular flexibility index (Phi) is 7.32. The Morgan fingerprint density at radius 1 is 1.00 bits per heavy atom. The average molecular weight is 386 g/mol. The molecule has 0 radical (unpaired) electrons. The van der Waals surface area contributed by atoms with Crippen LogP contribution in [0.4, 0.5) is 0 Å². The van der Waals surface area contributed by atoms with E-state index in [9.17, 15) is 4.79 Å². The molecular formula is C23H31NO4. The van der Waals surface area contributed by atoms with Gasteiger partial charge in [-0.3, -0.25) is 4.79 Å². The maximum atomic E-state index is 12.5. The monoisotopic (exact) mass is 385 g/mol.